The van der Waals surface area contributed by atoms with Crippen LogP contribution >= 0.6 is 0 Å². The van der Waals surface area contributed by atoms with Gasteiger partial charge in [-0.05, 0) is 48.9 Å². The van der Waals surface area contributed by atoms with Gasteiger partial charge in [-0.1, -0.05) is 0 Å². The van der Waals surface area contributed by atoms with Gasteiger partial charge in [0.1, 0.15) is 5.82 Å². The van der Waals surface area contributed by atoms with E-state index in [1.807, 2.05) is 0 Å². The molecule has 0 fully saturated rings. The topological polar surface area (TPSA) is 57.5 Å². The molecule has 2 aromatic carbocycles. The van der Waals surface area contributed by atoms with Gasteiger partial charge in [-0.25, -0.2) is 8.78 Å². The molecule has 0 aliphatic rings. The van der Waals surface area contributed by atoms with E-state index in [1.165, 1.54) is 49.1 Å². The van der Waals surface area contributed by atoms with Crippen LogP contribution in [0.25, 0.3) is 10.9 Å². The zero-order chi connectivity index (χ0) is 19.7. The Morgan fingerprint density at radius 3 is 2.30 bits per heavy atom. The van der Waals surface area contributed by atoms with Gasteiger partial charge in [0, 0.05) is 16.6 Å². The van der Waals surface area contributed by atoms with Crippen LogP contribution in [0.3, 0.4) is 0 Å². The van der Waals surface area contributed by atoms with Crippen LogP contribution in [0.4, 0.5) is 8.78 Å². The van der Waals surface area contributed by atoms with E-state index in [9.17, 15) is 18.4 Å². The molecule has 0 aliphatic carbocycles. The number of esters is 1. The van der Waals surface area contributed by atoms with Gasteiger partial charge in [-0.2, -0.15) is 0 Å². The molecule has 0 radical (unpaired) electrons. The minimum atomic E-state index is -0.664. The molecule has 5 nitrogen and oxygen atoms in total. The fourth-order valence-corrected chi connectivity index (χ4v) is 3.09. The Balaban J connectivity index is 2.28. The summed E-state index contributed by atoms with van der Waals surface area (Å²) in [7, 11) is 2.56. The molecule has 1 aromatic heterocycles. The molecule has 3 aromatic rings. The lowest BCUT2D eigenvalue weighted by molar-refractivity contribution is -0.139. The Hall–Kier alpha value is -3.22. The Bertz CT molecular complexity index is 1040. The number of nitrogens with zero attached hydrogens (tertiary/aromatic N) is 1. The molecular weight excluding hydrogens is 356 g/mol. The molecule has 7 heteroatoms. The van der Waals surface area contributed by atoms with E-state index in [0.29, 0.717) is 16.8 Å². The van der Waals surface area contributed by atoms with Crippen LogP contribution in [-0.4, -0.2) is 30.7 Å². The van der Waals surface area contributed by atoms with Crippen LogP contribution in [0.2, 0.25) is 0 Å². The zero-order valence-electron chi connectivity index (χ0n) is 15.0. The Kier molecular flexibility index (Phi) is 4.94. The molecule has 0 unspecified atom stereocenters. The summed E-state index contributed by atoms with van der Waals surface area (Å²) in [5.74, 6) is -2.16. The normalized spacial score (nSPS) is 10.9. The maximum absolute atomic E-state index is 14.9. The maximum Gasteiger partial charge on any atom is 0.310 e. The van der Waals surface area contributed by atoms with Gasteiger partial charge in [-0.3, -0.25) is 14.2 Å². The molecule has 0 N–H and O–H groups in total. The number of carbonyl (C=O) groups is 2. The van der Waals surface area contributed by atoms with Gasteiger partial charge in [0.25, 0.3) is 5.91 Å². The Labute approximate surface area is 154 Å². The molecule has 0 saturated carbocycles. The summed E-state index contributed by atoms with van der Waals surface area (Å²) in [4.78, 5) is 24.8. The Morgan fingerprint density at radius 1 is 1.04 bits per heavy atom. The summed E-state index contributed by atoms with van der Waals surface area (Å²) in [5.41, 5.74) is 1.26. The summed E-state index contributed by atoms with van der Waals surface area (Å²) >= 11 is 0. The van der Waals surface area contributed by atoms with Gasteiger partial charge in [-0.15, -0.1) is 0 Å². The van der Waals surface area contributed by atoms with Crippen molar-refractivity contribution in [1.29, 1.82) is 0 Å². The number of hydrogen-bond donors (Lipinski definition) is 0. The number of rotatable bonds is 4. The molecule has 1 heterocycles. The third-order valence-electron chi connectivity index (χ3n) is 4.46. The number of hydrogen-bond acceptors (Lipinski definition) is 4. The third kappa shape index (κ3) is 3.16. The molecule has 0 aliphatic heterocycles. The third-order valence-corrected chi connectivity index (χ3v) is 4.46. The van der Waals surface area contributed by atoms with Crippen LogP contribution in [-0.2, 0) is 16.0 Å². The standard InChI is InChI=1S/C20H17F2NO4/c1-11-14(10-17(24)27-3)18-15(8-9-16(26-2)19(18)22)23(11)20(25)12-4-6-13(21)7-5-12/h4-9H,10H2,1-3H3. The number of halogens is 2. The lowest BCUT2D eigenvalue weighted by atomic mass is 10.1. The number of carbonyl (C=O) groups excluding carboxylic acids is 2. The quantitative estimate of drug-likeness (QED) is 0.655. The van der Waals surface area contributed by atoms with E-state index in [4.69, 9.17) is 9.47 Å². The summed E-state index contributed by atoms with van der Waals surface area (Å²) in [5, 5.41) is 0.118. The first-order valence-corrected chi connectivity index (χ1v) is 8.12. The van der Waals surface area contributed by atoms with E-state index in [1.54, 1.807) is 13.0 Å². The Morgan fingerprint density at radius 2 is 1.70 bits per heavy atom. The summed E-state index contributed by atoms with van der Waals surface area (Å²) in [6.07, 6.45) is -0.202. The monoisotopic (exact) mass is 373 g/mol. The fraction of sp³-hybridized carbons (Fsp3) is 0.200. The van der Waals surface area contributed by atoms with Gasteiger partial charge in [0.2, 0.25) is 0 Å². The SMILES string of the molecule is COC(=O)Cc1c(C)n(C(=O)c2ccc(F)cc2)c2ccc(OC)c(F)c12. The first-order chi connectivity index (χ1) is 12.9. The average molecular weight is 373 g/mol. The van der Waals surface area contributed by atoms with E-state index in [-0.39, 0.29) is 23.1 Å². The van der Waals surface area contributed by atoms with E-state index >= 15 is 0 Å². The summed E-state index contributed by atoms with van der Waals surface area (Å²) in [6.45, 7) is 1.62. The largest absolute Gasteiger partial charge is 0.494 e. The molecule has 3 rings (SSSR count). The van der Waals surface area contributed by atoms with Gasteiger partial charge in [0.15, 0.2) is 11.6 Å². The van der Waals surface area contributed by atoms with Gasteiger partial charge >= 0.3 is 5.97 Å². The predicted octanol–water partition coefficient (Wildman–Crippen LogP) is 3.64. The lowest BCUT2D eigenvalue weighted by Gasteiger charge is -2.08. The average Bonchev–Trinajstić information content (AvgIpc) is 2.94. The molecular formula is C20H17F2NO4. The number of benzene rings is 2. The molecule has 0 bridgehead atoms. The van der Waals surface area contributed by atoms with Crippen LogP contribution in [0, 0.1) is 18.6 Å². The highest BCUT2D eigenvalue weighted by molar-refractivity contribution is 6.05. The van der Waals surface area contributed by atoms with Crippen molar-refractivity contribution in [2.45, 2.75) is 13.3 Å². The minimum absolute atomic E-state index is 0.00000279. The van der Waals surface area contributed by atoms with E-state index < -0.39 is 23.5 Å². The maximum atomic E-state index is 14.9. The second kappa shape index (κ2) is 7.19. The van der Waals surface area contributed by atoms with Crippen LogP contribution in [0.15, 0.2) is 36.4 Å². The smallest absolute Gasteiger partial charge is 0.310 e. The van der Waals surface area contributed by atoms with Crippen molar-refractivity contribution in [3.05, 3.63) is 64.9 Å². The second-order valence-corrected chi connectivity index (χ2v) is 5.94. The number of aromatic nitrogens is 1. The fourth-order valence-electron chi connectivity index (χ4n) is 3.09. The zero-order valence-corrected chi connectivity index (χ0v) is 15.0. The highest BCUT2D eigenvalue weighted by atomic mass is 19.1. The van der Waals surface area contributed by atoms with Crippen molar-refractivity contribution in [2.24, 2.45) is 0 Å². The first-order valence-electron chi connectivity index (χ1n) is 8.12. The molecule has 140 valence electrons. The molecule has 0 saturated heterocycles. The lowest BCUT2D eigenvalue weighted by Crippen LogP contribution is -2.14. The predicted molar refractivity (Wildman–Crippen MR) is 95.0 cm³/mol. The second-order valence-electron chi connectivity index (χ2n) is 5.94. The van der Waals surface area contributed by atoms with Gasteiger partial charge < -0.3 is 9.47 Å². The summed E-state index contributed by atoms with van der Waals surface area (Å²) < 4.78 is 39.1. The number of methoxy groups -OCH3 is 2. The van der Waals surface area contributed by atoms with E-state index in [0.717, 1.165) is 0 Å². The van der Waals surface area contributed by atoms with Crippen molar-refractivity contribution < 1.29 is 27.8 Å². The highest BCUT2D eigenvalue weighted by Gasteiger charge is 2.25. The van der Waals surface area contributed by atoms with Crippen molar-refractivity contribution in [3.63, 3.8) is 0 Å². The minimum Gasteiger partial charge on any atom is -0.494 e. The molecule has 0 spiro atoms. The van der Waals surface area contributed by atoms with Gasteiger partial charge in [0.05, 0.1) is 26.2 Å². The summed E-state index contributed by atoms with van der Waals surface area (Å²) in [6, 6.07) is 8.01. The van der Waals surface area contributed by atoms with Crippen molar-refractivity contribution in [2.75, 3.05) is 14.2 Å². The van der Waals surface area contributed by atoms with Crippen LogP contribution < -0.4 is 4.74 Å². The number of fused-ring (bicyclic) bond motifs is 1. The van der Waals surface area contributed by atoms with Crippen molar-refractivity contribution in [1.82, 2.24) is 4.57 Å². The first kappa shape index (κ1) is 18.6. The molecule has 0 atom stereocenters. The van der Waals surface area contributed by atoms with Crippen LogP contribution in [0.1, 0.15) is 21.6 Å². The van der Waals surface area contributed by atoms with Crippen molar-refractivity contribution in [3.8, 4) is 5.75 Å². The molecule has 27 heavy (non-hydrogen) atoms. The van der Waals surface area contributed by atoms with Crippen molar-refractivity contribution >= 4 is 22.8 Å². The van der Waals surface area contributed by atoms with Crippen LogP contribution in [0.5, 0.6) is 5.75 Å². The number of ether oxygens (including phenoxy) is 2. The molecule has 0 amide bonds. The van der Waals surface area contributed by atoms with E-state index in [2.05, 4.69) is 0 Å². The highest BCUT2D eigenvalue weighted by Crippen LogP contribution is 2.34.